The quantitative estimate of drug-likeness (QED) is 0.156. The summed E-state index contributed by atoms with van der Waals surface area (Å²) in [6, 6.07) is 87.8. The van der Waals surface area contributed by atoms with Crippen LogP contribution in [0.1, 0.15) is 0 Å². The van der Waals surface area contributed by atoms with Crippen LogP contribution in [0, 0.1) is 0 Å². The minimum absolute atomic E-state index is 0.204. The Morgan fingerprint density at radius 3 is 1.04 bits per heavy atom. The zero-order valence-electron chi connectivity index (χ0n) is 39.9. The second kappa shape index (κ2) is 14.9. The molecule has 0 N–H and O–H groups in total. The van der Waals surface area contributed by atoms with Crippen molar-refractivity contribution in [3.8, 4) is 34.4 Å². The summed E-state index contributed by atoms with van der Waals surface area (Å²) in [6.45, 7) is -0.408. The lowest BCUT2D eigenvalue weighted by atomic mass is 9.31. The Hall–Kier alpha value is -9.65. The fraction of sp³-hybridized carbons (Fsp3) is 0. The Kier molecular flexibility index (Phi) is 8.08. The van der Waals surface area contributed by atoms with Crippen LogP contribution in [-0.4, -0.2) is 22.6 Å². The van der Waals surface area contributed by atoms with Crippen molar-refractivity contribution in [3.05, 3.63) is 243 Å². The van der Waals surface area contributed by atoms with E-state index < -0.39 is 0 Å². The highest BCUT2D eigenvalue weighted by Crippen LogP contribution is 2.49. The highest BCUT2D eigenvalue weighted by atomic mass is 16.5. The maximum absolute atomic E-state index is 7.75. The fourth-order valence-corrected chi connectivity index (χ4v) is 13.3. The number of hydrogen-bond acceptors (Lipinski definition) is 4. The molecule has 4 aliphatic heterocycles. The number of aromatic nitrogens is 2. The van der Waals surface area contributed by atoms with Gasteiger partial charge in [0.1, 0.15) is 23.0 Å². The average molecular weight is 943 g/mol. The minimum atomic E-state index is -0.204. The average Bonchev–Trinajstić information content (AvgIpc) is 4.02. The SMILES string of the molecule is c1ccc(N(c2ccccc2)c2ccc3c(c2)B2c4c(c5c6c(c4-n4c7ccccc7c7cccc2c74)Oc2ccc(N(c4ccccc4)c4ccccc4)cc2B6c2cccc4c6ccccc6n-5c24)O3)cc1. The molecule has 0 fully saturated rings. The predicted molar refractivity (Wildman–Crippen MR) is 307 cm³/mol. The summed E-state index contributed by atoms with van der Waals surface area (Å²) in [5.41, 5.74) is 20.1. The van der Waals surface area contributed by atoms with Crippen molar-refractivity contribution >= 4 is 124 Å². The Labute approximate surface area is 427 Å². The highest BCUT2D eigenvalue weighted by molar-refractivity contribution is 7.02. The Balaban J connectivity index is 0.998. The van der Waals surface area contributed by atoms with Crippen molar-refractivity contribution in [2.75, 3.05) is 9.80 Å². The lowest BCUT2D eigenvalue weighted by Crippen LogP contribution is -2.63. The van der Waals surface area contributed by atoms with Crippen LogP contribution in [0.5, 0.6) is 23.0 Å². The highest BCUT2D eigenvalue weighted by Gasteiger charge is 2.50. The molecule has 8 heteroatoms. The summed E-state index contributed by atoms with van der Waals surface area (Å²) < 4.78 is 20.5. The summed E-state index contributed by atoms with van der Waals surface area (Å²) in [7, 11) is 0. The first-order valence-corrected chi connectivity index (χ1v) is 25.5. The van der Waals surface area contributed by atoms with E-state index in [1.54, 1.807) is 0 Å². The first kappa shape index (κ1) is 40.0. The monoisotopic (exact) mass is 942 g/mol. The molecule has 0 spiro atoms. The molecular formula is C66H40B2N4O2. The van der Waals surface area contributed by atoms with Gasteiger partial charge in [0.05, 0.1) is 22.4 Å². The number of rotatable bonds is 6. The maximum Gasteiger partial charge on any atom is 0.256 e. The molecule has 342 valence electrons. The first-order valence-electron chi connectivity index (χ1n) is 25.5. The Morgan fingerprint density at radius 2 is 0.649 bits per heavy atom. The maximum atomic E-state index is 7.75. The summed E-state index contributed by atoms with van der Waals surface area (Å²) in [5, 5.41) is 4.85. The number of nitrogens with zero attached hydrogens (tertiary/aromatic N) is 4. The third-order valence-corrected chi connectivity index (χ3v) is 16.1. The number of hydrogen-bond donors (Lipinski definition) is 0. The van der Waals surface area contributed by atoms with Crippen LogP contribution in [0.15, 0.2) is 243 Å². The lowest BCUT2D eigenvalue weighted by molar-refractivity contribution is 0.472. The molecule has 0 aliphatic carbocycles. The number of anilines is 6. The number of ether oxygens (including phenoxy) is 2. The van der Waals surface area contributed by atoms with E-state index in [4.69, 9.17) is 9.47 Å². The van der Waals surface area contributed by atoms with Crippen LogP contribution < -0.4 is 52.1 Å². The molecule has 0 bridgehead atoms. The normalized spacial score (nSPS) is 13.0. The zero-order valence-corrected chi connectivity index (χ0v) is 39.9. The number of para-hydroxylation sites is 8. The predicted octanol–water partition coefficient (Wildman–Crippen LogP) is 12.7. The summed E-state index contributed by atoms with van der Waals surface area (Å²) in [5.74, 6) is 3.43. The van der Waals surface area contributed by atoms with E-state index in [-0.39, 0.29) is 13.4 Å². The van der Waals surface area contributed by atoms with E-state index in [2.05, 4.69) is 262 Å². The molecule has 0 atom stereocenters. The van der Waals surface area contributed by atoms with Gasteiger partial charge in [-0.1, -0.05) is 146 Å². The van der Waals surface area contributed by atoms with E-state index in [1.165, 1.54) is 43.5 Å². The van der Waals surface area contributed by atoms with Gasteiger partial charge in [0.25, 0.3) is 13.4 Å². The minimum Gasteiger partial charge on any atom is -0.456 e. The molecule has 0 radical (unpaired) electrons. The van der Waals surface area contributed by atoms with Gasteiger partial charge in [-0.15, -0.1) is 0 Å². The molecule has 13 aromatic rings. The summed E-state index contributed by atoms with van der Waals surface area (Å²) >= 11 is 0. The Bertz CT molecular complexity index is 4150. The molecule has 6 nitrogen and oxygen atoms in total. The van der Waals surface area contributed by atoms with Gasteiger partial charge < -0.3 is 28.4 Å². The second-order valence-electron chi connectivity index (χ2n) is 19.9. The van der Waals surface area contributed by atoms with Crippen LogP contribution in [0.2, 0.25) is 0 Å². The molecule has 0 unspecified atom stereocenters. The third kappa shape index (κ3) is 5.30. The van der Waals surface area contributed by atoms with E-state index in [0.29, 0.717) is 0 Å². The van der Waals surface area contributed by atoms with Gasteiger partial charge in [-0.25, -0.2) is 0 Å². The molecule has 2 aromatic heterocycles. The van der Waals surface area contributed by atoms with Gasteiger partial charge in [-0.05, 0) is 119 Å². The number of fused-ring (bicyclic) bond motifs is 16. The molecule has 0 amide bonds. The zero-order chi connectivity index (χ0) is 48.2. The van der Waals surface area contributed by atoms with Gasteiger partial charge >= 0.3 is 0 Å². The smallest absolute Gasteiger partial charge is 0.256 e. The summed E-state index contributed by atoms with van der Waals surface area (Å²) in [4.78, 5) is 4.70. The molecule has 11 aromatic carbocycles. The van der Waals surface area contributed by atoms with E-state index in [1.807, 2.05) is 0 Å². The van der Waals surface area contributed by atoms with Crippen LogP contribution in [0.4, 0.5) is 34.1 Å². The summed E-state index contributed by atoms with van der Waals surface area (Å²) in [6.07, 6.45) is 0. The molecule has 4 aliphatic rings. The van der Waals surface area contributed by atoms with Crippen molar-refractivity contribution in [1.82, 2.24) is 9.13 Å². The van der Waals surface area contributed by atoms with Gasteiger partial charge in [-0.3, -0.25) is 0 Å². The standard InChI is InChI=1S/C66H40B2N4O2/c1-5-19-41(20-6-1)69(42-21-7-2-8-22-42)45-35-37-57-53(39-45)67-51-31-17-29-49-47-27-13-15-33-55(47)71(61(49)51)63-59(67)65(73-57)64-60-66(63)74-58-38-36-46(70(43-23-9-3-10-24-43)44-25-11-4-12-26-44)40-54(58)68(60)52-32-18-30-50-48-28-14-16-34-56(48)72(64)62(50)52/h1-40H. The first-order chi connectivity index (χ1) is 36.8. The van der Waals surface area contributed by atoms with Crippen molar-refractivity contribution in [2.45, 2.75) is 0 Å². The van der Waals surface area contributed by atoms with E-state index >= 15 is 0 Å². The fourth-order valence-electron chi connectivity index (χ4n) is 13.3. The van der Waals surface area contributed by atoms with Crippen molar-refractivity contribution in [1.29, 1.82) is 0 Å². The van der Waals surface area contributed by atoms with Crippen LogP contribution in [0.25, 0.3) is 55.0 Å². The van der Waals surface area contributed by atoms with Crippen LogP contribution in [0.3, 0.4) is 0 Å². The number of benzene rings is 11. The van der Waals surface area contributed by atoms with E-state index in [0.717, 1.165) is 101 Å². The second-order valence-corrected chi connectivity index (χ2v) is 19.9. The van der Waals surface area contributed by atoms with Gasteiger partial charge in [0, 0.05) is 77.6 Å². The molecular weight excluding hydrogens is 902 g/mol. The van der Waals surface area contributed by atoms with Crippen molar-refractivity contribution < 1.29 is 9.47 Å². The molecule has 17 rings (SSSR count). The van der Waals surface area contributed by atoms with Gasteiger partial charge in [0.2, 0.25) is 0 Å². The van der Waals surface area contributed by atoms with E-state index in [9.17, 15) is 0 Å². The van der Waals surface area contributed by atoms with Gasteiger partial charge in [0.15, 0.2) is 0 Å². The van der Waals surface area contributed by atoms with Crippen LogP contribution >= 0.6 is 0 Å². The Morgan fingerprint density at radius 1 is 0.297 bits per heavy atom. The van der Waals surface area contributed by atoms with Crippen molar-refractivity contribution in [2.24, 2.45) is 0 Å². The largest absolute Gasteiger partial charge is 0.456 e. The lowest BCUT2D eigenvalue weighted by Gasteiger charge is -2.41. The molecule has 6 heterocycles. The molecule has 0 saturated carbocycles. The molecule has 0 saturated heterocycles. The van der Waals surface area contributed by atoms with Crippen molar-refractivity contribution in [3.63, 3.8) is 0 Å². The van der Waals surface area contributed by atoms with Crippen LogP contribution in [-0.2, 0) is 0 Å². The topological polar surface area (TPSA) is 34.8 Å². The molecule has 74 heavy (non-hydrogen) atoms. The third-order valence-electron chi connectivity index (χ3n) is 16.1. The van der Waals surface area contributed by atoms with Gasteiger partial charge in [-0.2, -0.15) is 0 Å².